The molecule has 1 rings (SSSR count). The average Bonchev–Trinajstić information content (AvgIpc) is 2.48. The van der Waals surface area contributed by atoms with Crippen LogP contribution in [-0.4, -0.2) is 35.5 Å². The fraction of sp³-hybridized carbons (Fsp3) is 0.500. The van der Waals surface area contributed by atoms with E-state index in [-0.39, 0.29) is 23.8 Å². The first kappa shape index (κ1) is 19.7. The number of carbonyl (C=O) groups is 3. The highest BCUT2D eigenvalue weighted by molar-refractivity contribution is 5.96. The predicted molar refractivity (Wildman–Crippen MR) is 91.9 cm³/mol. The summed E-state index contributed by atoms with van der Waals surface area (Å²) in [5, 5.41) is 13.9. The van der Waals surface area contributed by atoms with Crippen LogP contribution >= 0.6 is 0 Å². The third kappa shape index (κ3) is 5.68. The zero-order valence-corrected chi connectivity index (χ0v) is 14.8. The molecule has 6 heteroatoms. The molecule has 0 radical (unpaired) electrons. The first-order valence-corrected chi connectivity index (χ1v) is 7.93. The van der Waals surface area contributed by atoms with Crippen LogP contribution in [0.2, 0.25) is 0 Å². The van der Waals surface area contributed by atoms with E-state index >= 15 is 0 Å². The molecule has 132 valence electrons. The van der Waals surface area contributed by atoms with Crippen LogP contribution in [-0.2, 0) is 15.0 Å². The zero-order chi connectivity index (χ0) is 18.5. The maximum atomic E-state index is 12.1. The Morgan fingerprint density at radius 3 is 2.04 bits per heavy atom. The van der Waals surface area contributed by atoms with Gasteiger partial charge in [0.2, 0.25) is 5.91 Å². The minimum Gasteiger partial charge on any atom is -0.480 e. The summed E-state index contributed by atoms with van der Waals surface area (Å²) in [6.45, 7) is 9.39. The van der Waals surface area contributed by atoms with E-state index in [0.29, 0.717) is 5.56 Å². The molecule has 0 aromatic heterocycles. The molecule has 2 amide bonds. The highest BCUT2D eigenvalue weighted by Gasteiger charge is 2.23. The van der Waals surface area contributed by atoms with Crippen LogP contribution < -0.4 is 10.6 Å². The van der Waals surface area contributed by atoms with E-state index in [0.717, 1.165) is 5.56 Å². The van der Waals surface area contributed by atoms with Crippen molar-refractivity contribution in [3.8, 4) is 0 Å². The summed E-state index contributed by atoms with van der Waals surface area (Å²) < 4.78 is 0. The molecule has 0 bridgehead atoms. The number of carbonyl (C=O) groups excluding carboxylic acids is 2. The van der Waals surface area contributed by atoms with Crippen LogP contribution in [0.5, 0.6) is 0 Å². The van der Waals surface area contributed by atoms with Crippen molar-refractivity contribution in [3.05, 3.63) is 35.4 Å². The van der Waals surface area contributed by atoms with Crippen LogP contribution in [0.4, 0.5) is 0 Å². The van der Waals surface area contributed by atoms with Crippen LogP contribution in [0.1, 0.15) is 50.5 Å². The molecule has 6 nitrogen and oxygen atoms in total. The minimum absolute atomic E-state index is 0.00240. The second-order valence-electron chi connectivity index (χ2n) is 7.14. The minimum atomic E-state index is -1.09. The standard InChI is InChI=1S/C18H26N2O4/c1-11(2)15(17(23)24)20-14(21)10-19-16(22)12-6-8-13(9-7-12)18(3,4)5/h6-9,11,15H,10H2,1-5H3,(H,19,22)(H,20,21)(H,23,24)/t15-/m0/s1. The van der Waals surface area contributed by atoms with E-state index < -0.39 is 17.9 Å². The van der Waals surface area contributed by atoms with E-state index in [2.05, 4.69) is 31.4 Å². The Morgan fingerprint density at radius 2 is 1.62 bits per heavy atom. The molecule has 1 atom stereocenters. The van der Waals surface area contributed by atoms with Crippen molar-refractivity contribution in [1.29, 1.82) is 0 Å². The van der Waals surface area contributed by atoms with Crippen molar-refractivity contribution in [3.63, 3.8) is 0 Å². The van der Waals surface area contributed by atoms with E-state index in [1.54, 1.807) is 26.0 Å². The second-order valence-corrected chi connectivity index (χ2v) is 7.14. The highest BCUT2D eigenvalue weighted by Crippen LogP contribution is 2.22. The number of amides is 2. The molecule has 0 aliphatic heterocycles. The van der Waals surface area contributed by atoms with Gasteiger partial charge in [-0.05, 0) is 29.0 Å². The first-order chi connectivity index (χ1) is 11.0. The summed E-state index contributed by atoms with van der Waals surface area (Å²) >= 11 is 0. The predicted octanol–water partition coefficient (Wildman–Crippen LogP) is 1.94. The Bertz CT molecular complexity index is 600. The number of aliphatic carboxylic acids is 1. The summed E-state index contributed by atoms with van der Waals surface area (Å²) in [6, 6.07) is 6.22. The number of hydrogen-bond acceptors (Lipinski definition) is 3. The van der Waals surface area contributed by atoms with Crippen LogP contribution in [0.25, 0.3) is 0 Å². The van der Waals surface area contributed by atoms with Crippen molar-refractivity contribution in [2.75, 3.05) is 6.54 Å². The van der Waals surface area contributed by atoms with Gasteiger partial charge in [0, 0.05) is 5.56 Å². The van der Waals surface area contributed by atoms with Gasteiger partial charge in [0.15, 0.2) is 0 Å². The second kappa shape index (κ2) is 7.95. The number of carboxylic acids is 1. The van der Waals surface area contributed by atoms with Gasteiger partial charge in [-0.2, -0.15) is 0 Å². The molecular weight excluding hydrogens is 308 g/mol. The molecule has 0 unspecified atom stereocenters. The number of benzene rings is 1. The lowest BCUT2D eigenvalue weighted by Crippen LogP contribution is -2.48. The largest absolute Gasteiger partial charge is 0.480 e. The summed E-state index contributed by atoms with van der Waals surface area (Å²) in [5.74, 6) is -2.24. The normalized spacial score (nSPS) is 12.6. The van der Waals surface area contributed by atoms with Crippen LogP contribution in [0.3, 0.4) is 0 Å². The number of hydrogen-bond donors (Lipinski definition) is 3. The van der Waals surface area contributed by atoms with Gasteiger partial charge >= 0.3 is 5.97 Å². The summed E-state index contributed by atoms with van der Waals surface area (Å²) in [5.41, 5.74) is 1.56. The average molecular weight is 334 g/mol. The van der Waals surface area contributed by atoms with Crippen molar-refractivity contribution in [1.82, 2.24) is 10.6 Å². The fourth-order valence-corrected chi connectivity index (χ4v) is 2.12. The summed E-state index contributed by atoms with van der Waals surface area (Å²) in [6.07, 6.45) is 0. The van der Waals surface area contributed by atoms with E-state index in [1.807, 2.05) is 12.1 Å². The van der Waals surface area contributed by atoms with E-state index in [4.69, 9.17) is 5.11 Å². The van der Waals surface area contributed by atoms with Crippen LogP contribution in [0, 0.1) is 5.92 Å². The van der Waals surface area contributed by atoms with Crippen molar-refractivity contribution in [2.45, 2.75) is 46.1 Å². The lowest BCUT2D eigenvalue weighted by molar-refractivity contribution is -0.142. The molecular formula is C18H26N2O4. The molecule has 0 spiro atoms. The molecule has 0 aliphatic rings. The van der Waals surface area contributed by atoms with Gasteiger partial charge in [0.25, 0.3) is 5.91 Å². The summed E-state index contributed by atoms with van der Waals surface area (Å²) in [4.78, 5) is 34.9. The number of carboxylic acid groups (broad SMARTS) is 1. The summed E-state index contributed by atoms with van der Waals surface area (Å²) in [7, 11) is 0. The Balaban J connectivity index is 2.59. The third-order valence-electron chi connectivity index (χ3n) is 3.67. The fourth-order valence-electron chi connectivity index (χ4n) is 2.12. The zero-order valence-electron chi connectivity index (χ0n) is 14.8. The molecule has 0 fully saturated rings. The van der Waals surface area contributed by atoms with E-state index in [1.165, 1.54) is 0 Å². The number of nitrogens with one attached hydrogen (secondary N) is 2. The lowest BCUT2D eigenvalue weighted by Gasteiger charge is -2.19. The topological polar surface area (TPSA) is 95.5 Å². The molecule has 3 N–H and O–H groups in total. The van der Waals surface area contributed by atoms with Gasteiger partial charge in [-0.1, -0.05) is 46.8 Å². The lowest BCUT2D eigenvalue weighted by atomic mass is 9.87. The van der Waals surface area contributed by atoms with E-state index in [9.17, 15) is 14.4 Å². The van der Waals surface area contributed by atoms with Crippen LogP contribution in [0.15, 0.2) is 24.3 Å². The van der Waals surface area contributed by atoms with Gasteiger partial charge in [-0.3, -0.25) is 9.59 Å². The van der Waals surface area contributed by atoms with Crippen molar-refractivity contribution >= 4 is 17.8 Å². The van der Waals surface area contributed by atoms with Crippen molar-refractivity contribution < 1.29 is 19.5 Å². The Morgan fingerprint density at radius 1 is 1.08 bits per heavy atom. The first-order valence-electron chi connectivity index (χ1n) is 7.93. The van der Waals surface area contributed by atoms with Crippen molar-refractivity contribution in [2.24, 2.45) is 5.92 Å². The van der Waals surface area contributed by atoms with Gasteiger partial charge < -0.3 is 15.7 Å². The highest BCUT2D eigenvalue weighted by atomic mass is 16.4. The van der Waals surface area contributed by atoms with Gasteiger partial charge in [0.05, 0.1) is 6.54 Å². The van der Waals surface area contributed by atoms with Gasteiger partial charge in [-0.25, -0.2) is 4.79 Å². The molecule has 0 heterocycles. The third-order valence-corrected chi connectivity index (χ3v) is 3.67. The molecule has 0 saturated heterocycles. The molecule has 24 heavy (non-hydrogen) atoms. The SMILES string of the molecule is CC(C)[C@H](NC(=O)CNC(=O)c1ccc(C(C)(C)C)cc1)C(=O)O. The molecule has 1 aromatic carbocycles. The Hall–Kier alpha value is -2.37. The maximum Gasteiger partial charge on any atom is 0.326 e. The van der Waals surface area contributed by atoms with Gasteiger partial charge in [0.1, 0.15) is 6.04 Å². The Kier molecular flexibility index (Phi) is 6.51. The molecule has 0 aliphatic carbocycles. The van der Waals surface area contributed by atoms with Gasteiger partial charge in [-0.15, -0.1) is 0 Å². The maximum absolute atomic E-state index is 12.1. The monoisotopic (exact) mass is 334 g/mol. The molecule has 0 saturated carbocycles. The smallest absolute Gasteiger partial charge is 0.326 e. The number of rotatable bonds is 6. The Labute approximate surface area is 142 Å². The quantitative estimate of drug-likeness (QED) is 0.741. The molecule has 1 aromatic rings.